The summed E-state index contributed by atoms with van der Waals surface area (Å²) in [4.78, 5) is 28.8. The van der Waals surface area contributed by atoms with Crippen molar-refractivity contribution in [2.75, 3.05) is 26.1 Å². The minimum atomic E-state index is -0.431. The van der Waals surface area contributed by atoms with Gasteiger partial charge in [0.05, 0.1) is 19.9 Å². The number of benzene rings is 1. The monoisotopic (exact) mass is 371 g/mol. The Balaban J connectivity index is 2.08. The summed E-state index contributed by atoms with van der Waals surface area (Å²) in [6.45, 7) is 2.72. The van der Waals surface area contributed by atoms with Gasteiger partial charge in [-0.15, -0.1) is 0 Å². The zero-order valence-corrected chi connectivity index (χ0v) is 15.9. The third-order valence-electron chi connectivity index (χ3n) is 3.98. The average molecular weight is 371 g/mol. The first-order chi connectivity index (χ1) is 13.1. The van der Waals surface area contributed by atoms with Gasteiger partial charge in [0, 0.05) is 24.4 Å². The molecule has 7 nitrogen and oxygen atoms in total. The van der Waals surface area contributed by atoms with Crippen LogP contribution in [0.5, 0.6) is 11.5 Å². The van der Waals surface area contributed by atoms with Gasteiger partial charge in [-0.1, -0.05) is 19.8 Å². The zero-order chi connectivity index (χ0) is 19.6. The fraction of sp³-hybridized carbons (Fsp3) is 0.350. The Morgan fingerprint density at radius 1 is 1.04 bits per heavy atom. The maximum absolute atomic E-state index is 12.5. The van der Waals surface area contributed by atoms with E-state index >= 15 is 0 Å². The van der Waals surface area contributed by atoms with Crippen LogP contribution in [-0.4, -0.2) is 37.6 Å². The van der Waals surface area contributed by atoms with E-state index in [0.717, 1.165) is 19.3 Å². The highest BCUT2D eigenvalue weighted by Crippen LogP contribution is 2.29. The lowest BCUT2D eigenvalue weighted by Crippen LogP contribution is -2.25. The Bertz CT molecular complexity index is 793. The fourth-order valence-electron chi connectivity index (χ4n) is 2.46. The number of nitrogens with zero attached hydrogens (tertiary/aromatic N) is 1. The van der Waals surface area contributed by atoms with Crippen LogP contribution in [0.1, 0.15) is 47.0 Å². The van der Waals surface area contributed by atoms with Crippen molar-refractivity contribution in [1.82, 2.24) is 10.3 Å². The molecule has 0 radical (unpaired) electrons. The Kier molecular flexibility index (Phi) is 7.61. The van der Waals surface area contributed by atoms with Crippen LogP contribution in [-0.2, 0) is 0 Å². The van der Waals surface area contributed by atoms with Crippen LogP contribution in [0.25, 0.3) is 0 Å². The molecule has 1 aromatic carbocycles. The fourth-order valence-corrected chi connectivity index (χ4v) is 2.46. The average Bonchev–Trinajstić information content (AvgIpc) is 2.71. The number of pyridine rings is 1. The zero-order valence-electron chi connectivity index (χ0n) is 15.9. The van der Waals surface area contributed by atoms with Crippen molar-refractivity contribution >= 4 is 17.5 Å². The number of ether oxygens (including phenoxy) is 2. The van der Waals surface area contributed by atoms with Crippen molar-refractivity contribution in [3.8, 4) is 11.5 Å². The van der Waals surface area contributed by atoms with Crippen molar-refractivity contribution in [2.45, 2.75) is 26.2 Å². The summed E-state index contributed by atoms with van der Waals surface area (Å²) < 4.78 is 10.4. The second kappa shape index (κ2) is 10.2. The number of amides is 2. The second-order valence-corrected chi connectivity index (χ2v) is 5.91. The lowest BCUT2D eigenvalue weighted by Gasteiger charge is -2.11. The van der Waals surface area contributed by atoms with Gasteiger partial charge in [0.1, 0.15) is 17.2 Å². The first-order valence-electron chi connectivity index (χ1n) is 8.86. The molecule has 27 heavy (non-hydrogen) atoms. The highest BCUT2D eigenvalue weighted by molar-refractivity contribution is 6.05. The summed E-state index contributed by atoms with van der Waals surface area (Å²) in [6, 6.07) is 8.12. The van der Waals surface area contributed by atoms with Gasteiger partial charge in [-0.25, -0.2) is 0 Å². The van der Waals surface area contributed by atoms with Crippen LogP contribution in [0, 0.1) is 0 Å². The topological polar surface area (TPSA) is 89.6 Å². The number of hydrogen-bond acceptors (Lipinski definition) is 5. The largest absolute Gasteiger partial charge is 0.497 e. The van der Waals surface area contributed by atoms with Crippen molar-refractivity contribution in [2.24, 2.45) is 0 Å². The first-order valence-corrected chi connectivity index (χ1v) is 8.86. The van der Waals surface area contributed by atoms with Crippen LogP contribution < -0.4 is 20.1 Å². The molecule has 7 heteroatoms. The lowest BCUT2D eigenvalue weighted by atomic mass is 10.2. The summed E-state index contributed by atoms with van der Waals surface area (Å²) >= 11 is 0. The standard InChI is InChI=1S/C20H25N3O4/c1-4-5-6-10-22-19(24)14-9-11-21-17(12-14)20(25)23-16-8-7-15(26-2)13-18(16)27-3/h7-9,11-13H,4-6,10H2,1-3H3,(H,22,24)(H,23,25). The molecule has 2 N–H and O–H groups in total. The van der Waals surface area contributed by atoms with Gasteiger partial charge in [0.2, 0.25) is 0 Å². The summed E-state index contributed by atoms with van der Waals surface area (Å²) in [5, 5.41) is 5.59. The molecule has 0 atom stereocenters. The number of nitrogens with one attached hydrogen (secondary N) is 2. The maximum atomic E-state index is 12.5. The number of methoxy groups -OCH3 is 2. The van der Waals surface area contributed by atoms with E-state index in [2.05, 4.69) is 22.5 Å². The van der Waals surface area contributed by atoms with E-state index in [1.807, 2.05) is 0 Å². The molecule has 0 saturated carbocycles. The van der Waals surface area contributed by atoms with E-state index in [9.17, 15) is 9.59 Å². The molecule has 0 saturated heterocycles. The highest BCUT2D eigenvalue weighted by Gasteiger charge is 2.14. The van der Waals surface area contributed by atoms with Gasteiger partial charge in [-0.05, 0) is 30.7 Å². The molecule has 2 aromatic rings. The molecule has 1 heterocycles. The molecule has 2 amide bonds. The van der Waals surface area contributed by atoms with E-state index in [0.29, 0.717) is 29.3 Å². The predicted molar refractivity (Wildman–Crippen MR) is 104 cm³/mol. The van der Waals surface area contributed by atoms with E-state index in [1.165, 1.54) is 19.4 Å². The molecular formula is C20H25N3O4. The second-order valence-electron chi connectivity index (χ2n) is 5.91. The summed E-state index contributed by atoms with van der Waals surface area (Å²) in [6.07, 6.45) is 4.53. The molecule has 0 aliphatic carbocycles. The van der Waals surface area contributed by atoms with Gasteiger partial charge in [0.25, 0.3) is 11.8 Å². The first kappa shape index (κ1) is 20.2. The molecule has 0 fully saturated rings. The lowest BCUT2D eigenvalue weighted by molar-refractivity contribution is 0.0953. The minimum absolute atomic E-state index is 0.147. The highest BCUT2D eigenvalue weighted by atomic mass is 16.5. The van der Waals surface area contributed by atoms with Crippen molar-refractivity contribution in [3.05, 3.63) is 47.8 Å². The number of aromatic nitrogens is 1. The van der Waals surface area contributed by atoms with Gasteiger partial charge in [-0.2, -0.15) is 0 Å². The molecule has 1 aromatic heterocycles. The van der Waals surface area contributed by atoms with Gasteiger partial charge >= 0.3 is 0 Å². The van der Waals surface area contributed by atoms with Crippen LogP contribution in [0.3, 0.4) is 0 Å². The van der Waals surface area contributed by atoms with Crippen LogP contribution in [0.15, 0.2) is 36.5 Å². The van der Waals surface area contributed by atoms with E-state index < -0.39 is 5.91 Å². The third-order valence-corrected chi connectivity index (χ3v) is 3.98. The van der Waals surface area contributed by atoms with Gasteiger partial charge in [-0.3, -0.25) is 14.6 Å². The van der Waals surface area contributed by atoms with Gasteiger partial charge < -0.3 is 20.1 Å². The van der Waals surface area contributed by atoms with Gasteiger partial charge in [0.15, 0.2) is 0 Å². The van der Waals surface area contributed by atoms with E-state index in [1.54, 1.807) is 31.4 Å². The third kappa shape index (κ3) is 5.70. The van der Waals surface area contributed by atoms with Crippen LogP contribution in [0.4, 0.5) is 5.69 Å². The predicted octanol–water partition coefficient (Wildman–Crippen LogP) is 3.27. The summed E-state index contributed by atoms with van der Waals surface area (Å²) in [7, 11) is 3.06. The van der Waals surface area contributed by atoms with E-state index in [4.69, 9.17) is 9.47 Å². The quantitative estimate of drug-likeness (QED) is 0.660. The number of rotatable bonds is 9. The van der Waals surface area contributed by atoms with Crippen LogP contribution in [0.2, 0.25) is 0 Å². The molecule has 0 aliphatic heterocycles. The Hall–Kier alpha value is -3.09. The molecule has 0 bridgehead atoms. The molecule has 0 spiro atoms. The number of carbonyl (C=O) groups is 2. The Morgan fingerprint density at radius 2 is 1.85 bits per heavy atom. The molecule has 144 valence electrons. The van der Waals surface area contributed by atoms with E-state index in [-0.39, 0.29) is 11.6 Å². The molecule has 0 aliphatic rings. The summed E-state index contributed by atoms with van der Waals surface area (Å²) in [5.41, 5.74) is 1.03. The number of hydrogen-bond donors (Lipinski definition) is 2. The number of unbranched alkanes of at least 4 members (excludes halogenated alkanes) is 2. The molecular weight excluding hydrogens is 346 g/mol. The Morgan fingerprint density at radius 3 is 2.56 bits per heavy atom. The summed E-state index contributed by atoms with van der Waals surface area (Å²) in [5.74, 6) is 0.431. The minimum Gasteiger partial charge on any atom is -0.497 e. The number of anilines is 1. The normalized spacial score (nSPS) is 10.2. The SMILES string of the molecule is CCCCCNC(=O)c1ccnc(C(=O)Nc2ccc(OC)cc2OC)c1. The molecule has 2 rings (SSSR count). The number of carbonyl (C=O) groups excluding carboxylic acids is 2. The smallest absolute Gasteiger partial charge is 0.274 e. The molecule has 0 unspecified atom stereocenters. The maximum Gasteiger partial charge on any atom is 0.274 e. The van der Waals surface area contributed by atoms with Crippen molar-refractivity contribution in [1.29, 1.82) is 0 Å². The van der Waals surface area contributed by atoms with Crippen molar-refractivity contribution < 1.29 is 19.1 Å². The Labute approximate surface area is 159 Å². The van der Waals surface area contributed by atoms with Crippen molar-refractivity contribution in [3.63, 3.8) is 0 Å². The van der Waals surface area contributed by atoms with Crippen LogP contribution >= 0.6 is 0 Å².